The topological polar surface area (TPSA) is 24.9 Å². The van der Waals surface area contributed by atoms with Crippen LogP contribution in [0.25, 0.3) is 0 Å². The molecule has 0 radical (unpaired) electrons. The second-order valence-electron chi connectivity index (χ2n) is 3.33. The third-order valence-corrected chi connectivity index (χ3v) is 3.40. The number of hydrogen-bond acceptors (Lipinski definition) is 3. The molecule has 2 nitrogen and oxygen atoms in total. The number of thiazole rings is 1. The molecule has 1 aromatic rings. The highest BCUT2D eigenvalue weighted by atomic mass is 32.1. The van der Waals surface area contributed by atoms with Crippen LogP contribution in [-0.2, 0) is 0 Å². The van der Waals surface area contributed by atoms with Crippen LogP contribution < -0.4 is 5.32 Å². The first-order valence-electron chi connectivity index (χ1n) is 4.49. The first-order chi connectivity index (χ1) is 5.86. The Morgan fingerprint density at radius 3 is 2.83 bits per heavy atom. The Labute approximate surface area is 77.0 Å². The van der Waals surface area contributed by atoms with Gasteiger partial charge in [-0.3, -0.25) is 0 Å². The minimum atomic E-state index is 0.727. The Morgan fingerprint density at radius 1 is 1.50 bits per heavy atom. The summed E-state index contributed by atoms with van der Waals surface area (Å²) >= 11 is 1.86. The molecular weight excluding hydrogens is 168 g/mol. The number of rotatable bonds is 1. The number of hydrogen-bond donors (Lipinski definition) is 1. The lowest BCUT2D eigenvalue weighted by Gasteiger charge is -2.20. The normalized spacial score (nSPS) is 19.8. The van der Waals surface area contributed by atoms with E-state index in [1.54, 1.807) is 0 Å². The van der Waals surface area contributed by atoms with Crippen molar-refractivity contribution in [1.29, 1.82) is 0 Å². The monoisotopic (exact) mass is 182 g/mol. The van der Waals surface area contributed by atoms with Gasteiger partial charge in [-0.05, 0) is 32.9 Å². The lowest BCUT2D eigenvalue weighted by atomic mass is 9.99. The van der Waals surface area contributed by atoms with E-state index in [1.165, 1.54) is 22.7 Å². The molecule has 0 aliphatic carbocycles. The number of piperidine rings is 1. The molecule has 0 amide bonds. The summed E-state index contributed by atoms with van der Waals surface area (Å²) in [7, 11) is 0. The summed E-state index contributed by atoms with van der Waals surface area (Å²) in [6.45, 7) is 4.44. The van der Waals surface area contributed by atoms with Crippen molar-refractivity contribution in [1.82, 2.24) is 10.3 Å². The number of aromatic nitrogens is 1. The predicted molar refractivity (Wildman–Crippen MR) is 51.7 cm³/mol. The van der Waals surface area contributed by atoms with Crippen LogP contribution in [0.2, 0.25) is 0 Å². The Hall–Kier alpha value is -0.410. The van der Waals surface area contributed by atoms with Crippen molar-refractivity contribution in [3.8, 4) is 0 Å². The maximum absolute atomic E-state index is 4.43. The van der Waals surface area contributed by atoms with Crippen LogP contribution in [0.3, 0.4) is 0 Å². The van der Waals surface area contributed by atoms with Crippen molar-refractivity contribution in [2.75, 3.05) is 13.1 Å². The Kier molecular flexibility index (Phi) is 2.42. The molecule has 1 N–H and O–H groups in total. The van der Waals surface area contributed by atoms with E-state index < -0.39 is 0 Å². The van der Waals surface area contributed by atoms with Crippen molar-refractivity contribution in [2.24, 2.45) is 0 Å². The fraction of sp³-hybridized carbons (Fsp3) is 0.667. The SMILES string of the molecule is Cc1cnc(C2CCNCC2)s1. The van der Waals surface area contributed by atoms with E-state index >= 15 is 0 Å². The molecule has 0 bridgehead atoms. The first-order valence-corrected chi connectivity index (χ1v) is 5.31. The maximum atomic E-state index is 4.43. The van der Waals surface area contributed by atoms with E-state index in [-0.39, 0.29) is 0 Å². The summed E-state index contributed by atoms with van der Waals surface area (Å²) in [5.74, 6) is 0.727. The van der Waals surface area contributed by atoms with Gasteiger partial charge in [0.15, 0.2) is 0 Å². The average molecular weight is 182 g/mol. The van der Waals surface area contributed by atoms with Gasteiger partial charge >= 0.3 is 0 Å². The molecule has 0 spiro atoms. The van der Waals surface area contributed by atoms with Gasteiger partial charge in [-0.15, -0.1) is 11.3 Å². The van der Waals surface area contributed by atoms with E-state index in [0.717, 1.165) is 19.0 Å². The highest BCUT2D eigenvalue weighted by Crippen LogP contribution is 2.28. The quantitative estimate of drug-likeness (QED) is 0.717. The van der Waals surface area contributed by atoms with E-state index in [1.807, 2.05) is 17.5 Å². The predicted octanol–water partition coefficient (Wildman–Crippen LogP) is 1.92. The molecule has 1 aromatic heterocycles. The van der Waals surface area contributed by atoms with Crippen molar-refractivity contribution in [3.05, 3.63) is 16.1 Å². The molecule has 3 heteroatoms. The summed E-state index contributed by atoms with van der Waals surface area (Å²) in [5, 5.41) is 4.71. The highest BCUT2D eigenvalue weighted by molar-refractivity contribution is 7.11. The zero-order valence-electron chi connectivity index (χ0n) is 7.34. The standard InChI is InChI=1S/C9H14N2S/c1-7-6-11-9(12-7)8-2-4-10-5-3-8/h6,8,10H,2-5H2,1H3. The molecule has 66 valence electrons. The van der Waals surface area contributed by atoms with Crippen LogP contribution in [-0.4, -0.2) is 18.1 Å². The molecule has 0 unspecified atom stereocenters. The number of nitrogens with zero attached hydrogens (tertiary/aromatic N) is 1. The van der Waals surface area contributed by atoms with Crippen LogP contribution in [0, 0.1) is 6.92 Å². The largest absolute Gasteiger partial charge is 0.317 e. The Balaban J connectivity index is 2.08. The summed E-state index contributed by atoms with van der Waals surface area (Å²) in [5.41, 5.74) is 0. The highest BCUT2D eigenvalue weighted by Gasteiger charge is 2.17. The smallest absolute Gasteiger partial charge is 0.0959 e. The minimum absolute atomic E-state index is 0.727. The Morgan fingerprint density at radius 2 is 2.25 bits per heavy atom. The molecule has 1 aliphatic heterocycles. The van der Waals surface area contributed by atoms with Crippen molar-refractivity contribution in [3.63, 3.8) is 0 Å². The molecule has 1 aliphatic rings. The summed E-state index contributed by atoms with van der Waals surface area (Å²) in [6.07, 6.45) is 4.50. The van der Waals surface area contributed by atoms with Gasteiger partial charge in [0.1, 0.15) is 0 Å². The second kappa shape index (κ2) is 3.54. The molecule has 1 fully saturated rings. The summed E-state index contributed by atoms with van der Waals surface area (Å²) < 4.78 is 0. The molecular formula is C9H14N2S. The lowest BCUT2D eigenvalue weighted by Crippen LogP contribution is -2.26. The van der Waals surface area contributed by atoms with Crippen molar-refractivity contribution >= 4 is 11.3 Å². The second-order valence-corrected chi connectivity index (χ2v) is 4.60. The average Bonchev–Trinajstić information content (AvgIpc) is 2.54. The summed E-state index contributed by atoms with van der Waals surface area (Å²) in [4.78, 5) is 5.77. The molecule has 12 heavy (non-hydrogen) atoms. The fourth-order valence-electron chi connectivity index (χ4n) is 1.63. The van der Waals surface area contributed by atoms with Crippen molar-refractivity contribution < 1.29 is 0 Å². The third-order valence-electron chi connectivity index (χ3n) is 2.33. The van der Waals surface area contributed by atoms with Crippen LogP contribution in [0.5, 0.6) is 0 Å². The van der Waals surface area contributed by atoms with Gasteiger partial charge in [0, 0.05) is 17.0 Å². The maximum Gasteiger partial charge on any atom is 0.0959 e. The Bertz CT molecular complexity index is 251. The van der Waals surface area contributed by atoms with Crippen LogP contribution in [0.15, 0.2) is 6.20 Å². The molecule has 0 saturated carbocycles. The third kappa shape index (κ3) is 1.67. The van der Waals surface area contributed by atoms with Gasteiger partial charge in [0.25, 0.3) is 0 Å². The van der Waals surface area contributed by atoms with Gasteiger partial charge in [-0.1, -0.05) is 0 Å². The molecule has 2 rings (SSSR count). The van der Waals surface area contributed by atoms with Crippen LogP contribution >= 0.6 is 11.3 Å². The molecule has 1 saturated heterocycles. The minimum Gasteiger partial charge on any atom is -0.317 e. The van der Waals surface area contributed by atoms with E-state index in [0.29, 0.717) is 0 Å². The van der Waals surface area contributed by atoms with E-state index in [9.17, 15) is 0 Å². The van der Waals surface area contributed by atoms with Gasteiger partial charge in [-0.2, -0.15) is 0 Å². The zero-order chi connectivity index (χ0) is 8.39. The number of nitrogens with one attached hydrogen (secondary N) is 1. The molecule has 0 atom stereocenters. The van der Waals surface area contributed by atoms with Gasteiger partial charge in [0.2, 0.25) is 0 Å². The van der Waals surface area contributed by atoms with Crippen molar-refractivity contribution in [2.45, 2.75) is 25.7 Å². The first kappa shape index (κ1) is 8.20. The zero-order valence-corrected chi connectivity index (χ0v) is 8.16. The lowest BCUT2D eigenvalue weighted by molar-refractivity contribution is 0.459. The summed E-state index contributed by atoms with van der Waals surface area (Å²) in [6, 6.07) is 0. The van der Waals surface area contributed by atoms with Crippen LogP contribution in [0.1, 0.15) is 28.6 Å². The van der Waals surface area contributed by atoms with Crippen LogP contribution in [0.4, 0.5) is 0 Å². The molecule has 2 heterocycles. The van der Waals surface area contributed by atoms with E-state index in [4.69, 9.17) is 0 Å². The fourth-order valence-corrected chi connectivity index (χ4v) is 2.57. The van der Waals surface area contributed by atoms with Gasteiger partial charge < -0.3 is 5.32 Å². The van der Waals surface area contributed by atoms with Gasteiger partial charge in [-0.25, -0.2) is 4.98 Å². The van der Waals surface area contributed by atoms with Gasteiger partial charge in [0.05, 0.1) is 5.01 Å². The molecule has 0 aromatic carbocycles. The number of aryl methyl sites for hydroxylation is 1. The van der Waals surface area contributed by atoms with E-state index in [2.05, 4.69) is 17.2 Å².